The zero-order valence-electron chi connectivity index (χ0n) is 6.88. The summed E-state index contributed by atoms with van der Waals surface area (Å²) in [5, 5.41) is 0. The van der Waals surface area contributed by atoms with Crippen molar-refractivity contribution in [2.75, 3.05) is 26.2 Å². The highest BCUT2D eigenvalue weighted by molar-refractivity contribution is 5.02. The van der Waals surface area contributed by atoms with Gasteiger partial charge in [-0.1, -0.05) is 0 Å². The van der Waals surface area contributed by atoms with Gasteiger partial charge in [-0.05, 0) is 25.8 Å². The molecule has 0 amide bonds. The molecule has 11 heavy (non-hydrogen) atoms. The fraction of sp³-hybridized carbons (Fsp3) is 1.00. The number of nitrogens with zero attached hydrogens (tertiary/aromatic N) is 1. The molecule has 3 nitrogen and oxygen atoms in total. The second kappa shape index (κ2) is 2.73. The van der Waals surface area contributed by atoms with Gasteiger partial charge in [0.25, 0.3) is 0 Å². The van der Waals surface area contributed by atoms with Crippen LogP contribution >= 0.6 is 0 Å². The van der Waals surface area contributed by atoms with Crippen LogP contribution < -0.4 is 5.73 Å². The SMILES string of the molecule is NCCCCC12CN1CCO2. The minimum absolute atomic E-state index is 0.190. The normalized spacial score (nSPS) is 40.6. The Labute approximate surface area is 67.5 Å². The van der Waals surface area contributed by atoms with E-state index in [2.05, 4.69) is 4.90 Å². The summed E-state index contributed by atoms with van der Waals surface area (Å²) < 4.78 is 5.65. The number of rotatable bonds is 4. The first-order chi connectivity index (χ1) is 5.37. The molecule has 3 heteroatoms. The Kier molecular flexibility index (Phi) is 1.87. The van der Waals surface area contributed by atoms with Crippen molar-refractivity contribution in [3.63, 3.8) is 0 Å². The second-order valence-corrected chi connectivity index (χ2v) is 3.46. The van der Waals surface area contributed by atoms with Gasteiger partial charge >= 0.3 is 0 Å². The van der Waals surface area contributed by atoms with Crippen LogP contribution in [0.4, 0.5) is 0 Å². The number of hydrogen-bond donors (Lipinski definition) is 1. The third-order valence-corrected chi connectivity index (χ3v) is 2.66. The average molecular weight is 156 g/mol. The van der Waals surface area contributed by atoms with Crippen LogP contribution in [0.1, 0.15) is 19.3 Å². The van der Waals surface area contributed by atoms with Gasteiger partial charge in [-0.15, -0.1) is 0 Å². The van der Waals surface area contributed by atoms with E-state index in [1.807, 2.05) is 0 Å². The smallest absolute Gasteiger partial charge is 0.134 e. The summed E-state index contributed by atoms with van der Waals surface area (Å²) in [4.78, 5) is 2.41. The molecule has 0 saturated carbocycles. The van der Waals surface area contributed by atoms with Crippen LogP contribution in [0.25, 0.3) is 0 Å². The Bertz CT molecular complexity index is 151. The zero-order valence-corrected chi connectivity index (χ0v) is 6.88. The van der Waals surface area contributed by atoms with Crippen molar-refractivity contribution in [2.24, 2.45) is 5.73 Å². The van der Waals surface area contributed by atoms with Crippen molar-refractivity contribution < 1.29 is 4.74 Å². The van der Waals surface area contributed by atoms with Gasteiger partial charge < -0.3 is 10.5 Å². The minimum Gasteiger partial charge on any atom is -0.358 e. The van der Waals surface area contributed by atoms with Crippen molar-refractivity contribution in [3.8, 4) is 0 Å². The third-order valence-electron chi connectivity index (χ3n) is 2.66. The van der Waals surface area contributed by atoms with Gasteiger partial charge in [0.1, 0.15) is 5.72 Å². The quantitative estimate of drug-likeness (QED) is 0.465. The zero-order chi connectivity index (χ0) is 7.73. The number of fused-ring (bicyclic) bond motifs is 1. The molecular formula is C8H16N2O. The Balaban J connectivity index is 1.70. The third kappa shape index (κ3) is 1.28. The molecule has 0 spiro atoms. The van der Waals surface area contributed by atoms with Gasteiger partial charge in [0.2, 0.25) is 0 Å². The molecule has 2 N–H and O–H groups in total. The molecule has 0 aromatic heterocycles. The topological polar surface area (TPSA) is 38.3 Å². The van der Waals surface area contributed by atoms with Crippen LogP contribution in [0.3, 0.4) is 0 Å². The summed E-state index contributed by atoms with van der Waals surface area (Å²) in [6.07, 6.45) is 3.54. The predicted molar refractivity (Wildman–Crippen MR) is 43.2 cm³/mol. The largest absolute Gasteiger partial charge is 0.358 e. The van der Waals surface area contributed by atoms with Gasteiger partial charge in [0.15, 0.2) is 0 Å². The maximum atomic E-state index is 5.65. The maximum absolute atomic E-state index is 5.65. The summed E-state index contributed by atoms with van der Waals surface area (Å²) in [5.41, 5.74) is 5.61. The van der Waals surface area contributed by atoms with E-state index in [4.69, 9.17) is 10.5 Å². The van der Waals surface area contributed by atoms with Crippen molar-refractivity contribution in [1.82, 2.24) is 4.90 Å². The fourth-order valence-electron chi connectivity index (χ4n) is 1.88. The minimum atomic E-state index is 0.190. The lowest BCUT2D eigenvalue weighted by Crippen LogP contribution is -2.15. The van der Waals surface area contributed by atoms with E-state index < -0.39 is 0 Å². The highest BCUT2D eigenvalue weighted by Gasteiger charge is 2.55. The Hall–Kier alpha value is -0.120. The van der Waals surface area contributed by atoms with E-state index >= 15 is 0 Å². The first kappa shape index (κ1) is 7.53. The first-order valence-electron chi connectivity index (χ1n) is 4.46. The van der Waals surface area contributed by atoms with Gasteiger partial charge in [0, 0.05) is 13.1 Å². The summed E-state index contributed by atoms with van der Waals surface area (Å²) in [6, 6.07) is 0. The molecule has 64 valence electrons. The van der Waals surface area contributed by atoms with Gasteiger partial charge in [-0.2, -0.15) is 0 Å². The van der Waals surface area contributed by atoms with Crippen molar-refractivity contribution in [2.45, 2.75) is 25.0 Å². The molecule has 0 aromatic carbocycles. The maximum Gasteiger partial charge on any atom is 0.134 e. The standard InChI is InChI=1S/C8H16N2O/c9-4-2-1-3-8-7-10(8)5-6-11-8/h1-7,9H2. The molecule has 2 fully saturated rings. The van der Waals surface area contributed by atoms with E-state index in [-0.39, 0.29) is 5.72 Å². The Morgan fingerprint density at radius 2 is 2.36 bits per heavy atom. The van der Waals surface area contributed by atoms with Gasteiger partial charge in [0.05, 0.1) is 6.61 Å². The van der Waals surface area contributed by atoms with E-state index in [0.717, 1.165) is 32.7 Å². The molecule has 2 aliphatic heterocycles. The van der Waals surface area contributed by atoms with E-state index in [0.29, 0.717) is 0 Å². The first-order valence-corrected chi connectivity index (χ1v) is 4.46. The second-order valence-electron chi connectivity index (χ2n) is 3.46. The summed E-state index contributed by atoms with van der Waals surface area (Å²) >= 11 is 0. The summed E-state index contributed by atoms with van der Waals surface area (Å²) in [7, 11) is 0. The fourth-order valence-corrected chi connectivity index (χ4v) is 1.88. The predicted octanol–water partition coefficient (Wildman–Crippen LogP) is 0.157. The lowest BCUT2D eigenvalue weighted by Gasteiger charge is -2.09. The molecule has 2 atom stereocenters. The number of morpholine rings is 1. The molecule has 2 heterocycles. The van der Waals surface area contributed by atoms with Crippen LogP contribution in [0.15, 0.2) is 0 Å². The lowest BCUT2D eigenvalue weighted by atomic mass is 10.1. The summed E-state index contributed by atoms with van der Waals surface area (Å²) in [6.45, 7) is 4.05. The number of nitrogens with two attached hydrogens (primary N) is 1. The van der Waals surface area contributed by atoms with E-state index in [1.165, 1.54) is 12.8 Å². The van der Waals surface area contributed by atoms with Gasteiger partial charge in [-0.25, -0.2) is 0 Å². The Morgan fingerprint density at radius 3 is 2.91 bits per heavy atom. The molecule has 2 saturated heterocycles. The van der Waals surface area contributed by atoms with Crippen LogP contribution in [-0.2, 0) is 4.74 Å². The number of unbranched alkanes of at least 4 members (excludes halogenated alkanes) is 1. The molecule has 2 aliphatic rings. The van der Waals surface area contributed by atoms with Crippen molar-refractivity contribution >= 4 is 0 Å². The molecule has 0 bridgehead atoms. The summed E-state index contributed by atoms with van der Waals surface area (Å²) in [5.74, 6) is 0. The monoisotopic (exact) mass is 156 g/mol. The van der Waals surface area contributed by atoms with Crippen LogP contribution in [-0.4, -0.2) is 36.9 Å². The van der Waals surface area contributed by atoms with Crippen LogP contribution in [0.2, 0.25) is 0 Å². The van der Waals surface area contributed by atoms with E-state index in [1.54, 1.807) is 0 Å². The Morgan fingerprint density at radius 1 is 1.45 bits per heavy atom. The molecule has 0 radical (unpaired) electrons. The van der Waals surface area contributed by atoms with Crippen molar-refractivity contribution in [3.05, 3.63) is 0 Å². The number of hydrogen-bond acceptors (Lipinski definition) is 3. The van der Waals surface area contributed by atoms with Crippen LogP contribution in [0.5, 0.6) is 0 Å². The molecular weight excluding hydrogens is 140 g/mol. The van der Waals surface area contributed by atoms with E-state index in [9.17, 15) is 0 Å². The lowest BCUT2D eigenvalue weighted by molar-refractivity contribution is 0.0518. The molecule has 0 aromatic rings. The average Bonchev–Trinajstić information content (AvgIpc) is 2.55. The molecule has 2 rings (SSSR count). The molecule has 0 aliphatic carbocycles. The highest BCUT2D eigenvalue weighted by atomic mass is 16.5. The number of ether oxygens (including phenoxy) is 1. The van der Waals surface area contributed by atoms with Crippen molar-refractivity contribution in [1.29, 1.82) is 0 Å². The van der Waals surface area contributed by atoms with Crippen LogP contribution in [0, 0.1) is 0 Å². The molecule has 2 unspecified atom stereocenters. The highest BCUT2D eigenvalue weighted by Crippen LogP contribution is 2.41. The van der Waals surface area contributed by atoms with Gasteiger partial charge in [-0.3, -0.25) is 4.90 Å².